The Balaban J connectivity index is 0.000000427. The molecule has 1 radical (unpaired) electrons. The molecule has 0 fully saturated rings. The van der Waals surface area contributed by atoms with E-state index in [0.717, 1.165) is 49.8 Å². The van der Waals surface area contributed by atoms with Crippen molar-refractivity contribution in [2.75, 3.05) is 0 Å². The molecule has 265 valence electrons. The third-order valence-corrected chi connectivity index (χ3v) is 19.1. The summed E-state index contributed by atoms with van der Waals surface area (Å²) in [6.45, 7) is 22.2. The molecule has 3 nitrogen and oxygen atoms in total. The number of nitrogens with zero attached hydrogens (tertiary/aromatic N) is 1. The van der Waals surface area contributed by atoms with E-state index >= 15 is 0 Å². The monoisotopic (exact) mass is 863 g/mol. The summed E-state index contributed by atoms with van der Waals surface area (Å²) in [7, 11) is -1.45. The fourth-order valence-corrected chi connectivity index (χ4v) is 14.2. The average Bonchev–Trinajstić information content (AvgIpc) is 3.44. The molecule has 0 aliphatic rings. The minimum atomic E-state index is -1.45. The first-order valence-corrected chi connectivity index (χ1v) is 21.8. The first-order chi connectivity index (χ1) is 22.6. The van der Waals surface area contributed by atoms with Gasteiger partial charge in [-0.1, -0.05) is 122 Å². The number of aliphatic hydroxyl groups is 1. The number of fused-ring (bicyclic) bond motifs is 2. The molecule has 0 saturated carbocycles. The zero-order valence-electron chi connectivity index (χ0n) is 31.3. The van der Waals surface area contributed by atoms with Crippen molar-refractivity contribution in [2.24, 2.45) is 11.8 Å². The maximum Gasteiger partial charge on any atom is 0.162 e. The fourth-order valence-electron chi connectivity index (χ4n) is 7.31. The molecule has 6 heteroatoms. The number of ketones is 1. The van der Waals surface area contributed by atoms with Crippen LogP contribution in [0.15, 0.2) is 54.4 Å². The van der Waals surface area contributed by atoms with Gasteiger partial charge in [0.25, 0.3) is 0 Å². The summed E-state index contributed by atoms with van der Waals surface area (Å²) in [5.41, 5.74) is 5.23. The maximum absolute atomic E-state index is 11.7. The van der Waals surface area contributed by atoms with Crippen LogP contribution >= 0.6 is 11.3 Å². The molecule has 0 aliphatic heterocycles. The van der Waals surface area contributed by atoms with Crippen molar-refractivity contribution >= 4 is 50.6 Å². The summed E-state index contributed by atoms with van der Waals surface area (Å²) in [5, 5.41) is 13.7. The molecule has 0 saturated heterocycles. The Kier molecular flexibility index (Phi) is 17.4. The van der Waals surface area contributed by atoms with Gasteiger partial charge >= 0.3 is 0 Å². The molecule has 0 amide bonds. The molecule has 0 bridgehead atoms. The van der Waals surface area contributed by atoms with Gasteiger partial charge in [0, 0.05) is 54.6 Å². The van der Waals surface area contributed by atoms with E-state index in [1.54, 1.807) is 4.50 Å². The van der Waals surface area contributed by atoms with Crippen LogP contribution in [0, 0.1) is 24.8 Å². The van der Waals surface area contributed by atoms with E-state index in [1.807, 2.05) is 45.2 Å². The largest absolute Gasteiger partial charge is 0.512 e. The second-order valence-electron chi connectivity index (χ2n) is 13.1. The third-order valence-electron chi connectivity index (χ3n) is 10.9. The molecule has 0 aliphatic carbocycles. The molecule has 1 N–H and O–H groups in total. The second kappa shape index (κ2) is 19.9. The maximum atomic E-state index is 11.7. The molecule has 0 spiro atoms. The van der Waals surface area contributed by atoms with E-state index in [9.17, 15) is 9.90 Å². The normalized spacial score (nSPS) is 12.1. The van der Waals surface area contributed by atoms with E-state index in [2.05, 4.69) is 84.0 Å². The van der Waals surface area contributed by atoms with Crippen LogP contribution < -0.4 is 4.50 Å². The summed E-state index contributed by atoms with van der Waals surface area (Å²) in [4.78, 5) is 16.7. The Morgan fingerprint density at radius 1 is 0.854 bits per heavy atom. The van der Waals surface area contributed by atoms with Gasteiger partial charge in [-0.05, 0) is 60.0 Å². The Labute approximate surface area is 310 Å². The van der Waals surface area contributed by atoms with Gasteiger partial charge in [0.1, 0.15) is 0 Å². The van der Waals surface area contributed by atoms with Crippen molar-refractivity contribution in [3.05, 3.63) is 71.6 Å². The van der Waals surface area contributed by atoms with Gasteiger partial charge in [0.2, 0.25) is 0 Å². The zero-order valence-corrected chi connectivity index (χ0v) is 35.5. The van der Waals surface area contributed by atoms with E-state index < -0.39 is 8.07 Å². The predicted octanol–water partition coefficient (Wildman–Crippen LogP) is 12.7. The standard InChI is InChI=1S/C29H36NSSi.C13H24O2.Ir/c1-7-21(8-2)26-19-23(18-22-14-12-13-15-25(22)26)27-28-24(16-17-30-27)20(6)29(31-28)32(9-3,10-4)11-5;1-5-10(6-2)12(14)9-13(15)11(7-3)8-4;/h12-17,19,21H,7-11H2,1-6H3;9-11,14H,5-8H2,1-4H3;/q-1;;/b;12-9-;. The zero-order chi connectivity index (χ0) is 34.7. The molecule has 4 rings (SSSR count). The Morgan fingerprint density at radius 3 is 1.98 bits per heavy atom. The Morgan fingerprint density at radius 2 is 1.44 bits per heavy atom. The fraction of sp³-hybridized carbons (Fsp3) is 0.524. The van der Waals surface area contributed by atoms with Crippen LogP contribution in [0.2, 0.25) is 18.1 Å². The number of allylic oxidation sites excluding steroid dienone is 2. The van der Waals surface area contributed by atoms with Crippen molar-refractivity contribution in [2.45, 2.75) is 132 Å². The van der Waals surface area contributed by atoms with Gasteiger partial charge in [-0.15, -0.1) is 29.1 Å². The van der Waals surface area contributed by atoms with Crippen molar-refractivity contribution in [3.8, 4) is 11.3 Å². The minimum Gasteiger partial charge on any atom is -0.512 e. The smallest absolute Gasteiger partial charge is 0.162 e. The van der Waals surface area contributed by atoms with Gasteiger partial charge in [0.15, 0.2) is 5.78 Å². The van der Waals surface area contributed by atoms with Crippen LogP contribution in [0.5, 0.6) is 0 Å². The number of hydrogen-bond donors (Lipinski definition) is 1. The first kappa shape index (κ1) is 42.1. The SMILES string of the molecule is CCC(CC)C(=O)/C=C(\O)C(CC)CC.CCC(CC)c1cc(-c2nccc3c(C)c([Si](CC)(CC)CC)sc23)[c-]c2ccccc12.[Ir]. The number of carbonyl (C=O) groups excluding carboxylic acids is 1. The van der Waals surface area contributed by atoms with Crippen LogP contribution in [-0.2, 0) is 24.9 Å². The number of hydrogen-bond acceptors (Lipinski definition) is 4. The van der Waals surface area contributed by atoms with E-state index in [1.165, 1.54) is 56.2 Å². The average molecular weight is 863 g/mol. The summed E-state index contributed by atoms with van der Waals surface area (Å²) in [5.74, 6) is 1.11. The summed E-state index contributed by atoms with van der Waals surface area (Å²) in [6, 6.07) is 21.1. The van der Waals surface area contributed by atoms with Crippen molar-refractivity contribution in [3.63, 3.8) is 0 Å². The molecule has 2 aromatic heterocycles. The first-order valence-electron chi connectivity index (χ1n) is 18.4. The number of aromatic nitrogens is 1. The van der Waals surface area contributed by atoms with E-state index in [-0.39, 0.29) is 43.5 Å². The quantitative estimate of drug-likeness (QED) is 0.0561. The van der Waals surface area contributed by atoms with E-state index in [0.29, 0.717) is 5.92 Å². The van der Waals surface area contributed by atoms with E-state index in [4.69, 9.17) is 4.98 Å². The Bertz CT molecular complexity index is 1620. The summed E-state index contributed by atoms with van der Waals surface area (Å²) in [6.07, 6.45) is 9.22. The molecule has 48 heavy (non-hydrogen) atoms. The molecular formula is C42H60IrNO2SSi-. The molecule has 0 unspecified atom stereocenters. The number of thiophene rings is 1. The topological polar surface area (TPSA) is 50.2 Å². The van der Waals surface area contributed by atoms with Gasteiger partial charge in [-0.25, -0.2) is 0 Å². The molecule has 2 aromatic carbocycles. The number of rotatable bonds is 15. The predicted molar refractivity (Wildman–Crippen MR) is 210 cm³/mol. The second-order valence-corrected chi connectivity index (χ2v) is 19.7. The van der Waals surface area contributed by atoms with Gasteiger partial charge in [0.05, 0.1) is 13.8 Å². The van der Waals surface area contributed by atoms with Crippen molar-refractivity contribution in [1.82, 2.24) is 4.98 Å². The third kappa shape index (κ3) is 9.16. The molecule has 4 aromatic rings. The van der Waals surface area contributed by atoms with Crippen molar-refractivity contribution < 1.29 is 30.0 Å². The Hall–Kier alpha value is -2.11. The van der Waals surface area contributed by atoms with Crippen molar-refractivity contribution in [1.29, 1.82) is 0 Å². The molecular weight excluding hydrogens is 803 g/mol. The van der Waals surface area contributed by atoms with Crippen LogP contribution in [-0.4, -0.2) is 23.9 Å². The number of aliphatic hydroxyl groups excluding tert-OH is 1. The number of pyridine rings is 1. The number of aryl methyl sites for hydroxylation is 1. The number of benzene rings is 2. The summed E-state index contributed by atoms with van der Waals surface area (Å²) >= 11 is 2.04. The summed E-state index contributed by atoms with van der Waals surface area (Å²) < 4.78 is 3.05. The van der Waals surface area contributed by atoms with Crippen LogP contribution in [0.1, 0.15) is 118 Å². The van der Waals surface area contributed by atoms with Crippen LogP contribution in [0.4, 0.5) is 0 Å². The van der Waals surface area contributed by atoms with Gasteiger partial charge in [-0.3, -0.25) is 9.78 Å². The minimum absolute atomic E-state index is 0. The van der Waals surface area contributed by atoms with Crippen LogP contribution in [0.25, 0.3) is 32.1 Å². The number of carbonyl (C=O) groups is 1. The molecule has 2 heterocycles. The van der Waals surface area contributed by atoms with Crippen LogP contribution in [0.3, 0.4) is 0 Å². The molecule has 0 atom stereocenters. The van der Waals surface area contributed by atoms with Gasteiger partial charge < -0.3 is 5.11 Å². The van der Waals surface area contributed by atoms with Gasteiger partial charge in [-0.2, -0.15) is 11.3 Å².